The number of fused-ring (bicyclic) bond motifs is 1. The summed E-state index contributed by atoms with van der Waals surface area (Å²) in [6.07, 6.45) is 7.13. The Morgan fingerprint density at radius 1 is 1.29 bits per heavy atom. The molecule has 1 aliphatic rings. The minimum Gasteiger partial charge on any atom is -0.491 e. The second kappa shape index (κ2) is 11.5. The van der Waals surface area contributed by atoms with Crippen LogP contribution in [0.2, 0.25) is 5.02 Å². The largest absolute Gasteiger partial charge is 0.491 e. The molecule has 4 rings (SSSR count). The topological polar surface area (TPSA) is 79.4 Å². The molecule has 1 saturated heterocycles. The standard InChI is InChI=1S/C26H29ClFN5O2/c1-3-25(34)32-23-14-19-22(15-24(23)35-12-4-5-17-8-10-33(2)11-9-17)29-16-30-26(19)31-18-6-7-21(28)20(27)13-18/h3,6-7,13-17H,1,4-5,8-12H2,2H3,(H,32,34)(H,29,30,31). The van der Waals surface area contributed by atoms with Crippen molar-refractivity contribution >= 4 is 45.6 Å². The number of likely N-dealkylation sites (tertiary alicyclic amines) is 1. The molecule has 0 aliphatic carbocycles. The Morgan fingerprint density at radius 2 is 2.09 bits per heavy atom. The number of ether oxygens (including phenoxy) is 1. The zero-order chi connectivity index (χ0) is 24.8. The number of hydrogen-bond acceptors (Lipinski definition) is 6. The number of nitrogens with one attached hydrogen (secondary N) is 2. The lowest BCUT2D eigenvalue weighted by molar-refractivity contribution is -0.111. The smallest absolute Gasteiger partial charge is 0.247 e. The number of nitrogens with zero attached hydrogens (tertiary/aromatic N) is 3. The van der Waals surface area contributed by atoms with Crippen LogP contribution >= 0.6 is 11.6 Å². The third kappa shape index (κ3) is 6.46. The first-order chi connectivity index (χ1) is 16.9. The molecule has 0 saturated carbocycles. The molecular formula is C26H29ClFN5O2. The molecule has 35 heavy (non-hydrogen) atoms. The summed E-state index contributed by atoms with van der Waals surface area (Å²) < 4.78 is 19.6. The molecule has 1 aliphatic heterocycles. The minimum atomic E-state index is -0.503. The van der Waals surface area contributed by atoms with Gasteiger partial charge in [-0.15, -0.1) is 0 Å². The SMILES string of the molecule is C=CC(=O)Nc1cc2c(Nc3ccc(F)c(Cl)c3)ncnc2cc1OCCCC1CCN(C)CC1. The number of amides is 1. The summed E-state index contributed by atoms with van der Waals surface area (Å²) in [6.45, 7) is 6.37. The molecule has 184 valence electrons. The Morgan fingerprint density at radius 3 is 2.83 bits per heavy atom. The summed E-state index contributed by atoms with van der Waals surface area (Å²) in [5, 5.41) is 6.62. The normalized spacial score (nSPS) is 14.6. The lowest BCUT2D eigenvalue weighted by Crippen LogP contribution is -2.30. The van der Waals surface area contributed by atoms with Crippen molar-refractivity contribution in [3.8, 4) is 5.75 Å². The molecule has 2 N–H and O–H groups in total. The summed E-state index contributed by atoms with van der Waals surface area (Å²) in [4.78, 5) is 23.2. The average Bonchev–Trinajstić information content (AvgIpc) is 2.85. The van der Waals surface area contributed by atoms with Gasteiger partial charge in [0.05, 0.1) is 22.8 Å². The van der Waals surface area contributed by atoms with Crippen molar-refractivity contribution < 1.29 is 13.9 Å². The highest BCUT2D eigenvalue weighted by molar-refractivity contribution is 6.31. The molecule has 1 amide bonds. The van der Waals surface area contributed by atoms with Gasteiger partial charge in [-0.25, -0.2) is 14.4 Å². The van der Waals surface area contributed by atoms with E-state index in [4.69, 9.17) is 16.3 Å². The summed E-state index contributed by atoms with van der Waals surface area (Å²) in [7, 11) is 2.16. The van der Waals surface area contributed by atoms with Crippen LogP contribution in [0.3, 0.4) is 0 Å². The first-order valence-corrected chi connectivity index (χ1v) is 12.1. The van der Waals surface area contributed by atoms with E-state index in [1.807, 2.05) is 0 Å². The van der Waals surface area contributed by atoms with E-state index in [9.17, 15) is 9.18 Å². The van der Waals surface area contributed by atoms with Crippen LogP contribution in [0.15, 0.2) is 49.3 Å². The van der Waals surface area contributed by atoms with Crippen molar-refractivity contribution in [2.75, 3.05) is 37.4 Å². The Balaban J connectivity index is 1.53. The first-order valence-electron chi connectivity index (χ1n) is 11.7. The van der Waals surface area contributed by atoms with Gasteiger partial charge >= 0.3 is 0 Å². The summed E-state index contributed by atoms with van der Waals surface area (Å²) in [6, 6.07) is 7.87. The maximum Gasteiger partial charge on any atom is 0.247 e. The molecule has 1 fully saturated rings. The maximum absolute atomic E-state index is 13.5. The minimum absolute atomic E-state index is 0.00299. The summed E-state index contributed by atoms with van der Waals surface area (Å²) >= 11 is 5.91. The predicted molar refractivity (Wildman–Crippen MR) is 138 cm³/mol. The van der Waals surface area contributed by atoms with Crippen LogP contribution in [-0.2, 0) is 4.79 Å². The van der Waals surface area contributed by atoms with Gasteiger partial charge in [0, 0.05) is 17.1 Å². The quantitative estimate of drug-likeness (QED) is 0.287. The molecule has 0 atom stereocenters. The Bertz CT molecular complexity index is 1210. The average molecular weight is 498 g/mol. The van der Waals surface area contributed by atoms with Gasteiger partial charge in [-0.05, 0) is 82.1 Å². The molecule has 7 nitrogen and oxygen atoms in total. The van der Waals surface area contributed by atoms with Crippen LogP contribution in [-0.4, -0.2) is 47.5 Å². The van der Waals surface area contributed by atoms with Gasteiger partial charge in [-0.3, -0.25) is 4.79 Å². The van der Waals surface area contributed by atoms with Crippen molar-refractivity contribution in [2.45, 2.75) is 25.7 Å². The fraction of sp³-hybridized carbons (Fsp3) is 0.346. The highest BCUT2D eigenvalue weighted by Crippen LogP contribution is 2.34. The van der Waals surface area contributed by atoms with Crippen molar-refractivity contribution in [3.05, 3.63) is 60.2 Å². The molecule has 1 aromatic heterocycles. The number of hydrogen-bond donors (Lipinski definition) is 2. The molecule has 2 heterocycles. The number of piperidine rings is 1. The lowest BCUT2D eigenvalue weighted by Gasteiger charge is -2.28. The van der Waals surface area contributed by atoms with E-state index in [0.29, 0.717) is 40.5 Å². The molecule has 0 radical (unpaired) electrons. The van der Waals surface area contributed by atoms with Crippen LogP contribution < -0.4 is 15.4 Å². The van der Waals surface area contributed by atoms with Crippen molar-refractivity contribution in [3.63, 3.8) is 0 Å². The number of aromatic nitrogens is 2. The van der Waals surface area contributed by atoms with Gasteiger partial charge in [0.15, 0.2) is 0 Å². The Kier molecular flexibility index (Phi) is 8.15. The Hall–Kier alpha value is -3.23. The van der Waals surface area contributed by atoms with Gasteiger partial charge in [-0.1, -0.05) is 18.2 Å². The zero-order valence-corrected chi connectivity index (χ0v) is 20.4. The fourth-order valence-corrected chi connectivity index (χ4v) is 4.38. The summed E-state index contributed by atoms with van der Waals surface area (Å²) in [5.74, 6) is 0.896. The highest BCUT2D eigenvalue weighted by Gasteiger charge is 2.17. The summed E-state index contributed by atoms with van der Waals surface area (Å²) in [5.41, 5.74) is 1.71. The van der Waals surface area contributed by atoms with E-state index >= 15 is 0 Å². The molecule has 0 bridgehead atoms. The van der Waals surface area contributed by atoms with Gasteiger partial charge < -0.3 is 20.3 Å². The van der Waals surface area contributed by atoms with Crippen LogP contribution in [0.5, 0.6) is 5.75 Å². The third-order valence-electron chi connectivity index (χ3n) is 6.21. The lowest BCUT2D eigenvalue weighted by atomic mass is 9.93. The maximum atomic E-state index is 13.5. The van der Waals surface area contributed by atoms with Crippen LogP contribution in [0.1, 0.15) is 25.7 Å². The number of rotatable bonds is 9. The highest BCUT2D eigenvalue weighted by atomic mass is 35.5. The molecule has 0 spiro atoms. The van der Waals surface area contributed by atoms with Crippen LogP contribution in [0.25, 0.3) is 10.9 Å². The number of carbonyl (C=O) groups excluding carboxylic acids is 1. The second-order valence-corrected chi connectivity index (χ2v) is 9.18. The second-order valence-electron chi connectivity index (χ2n) is 8.77. The van der Waals surface area contributed by atoms with Crippen LogP contribution in [0, 0.1) is 11.7 Å². The molecule has 9 heteroatoms. The van der Waals surface area contributed by atoms with Gasteiger partial charge in [-0.2, -0.15) is 0 Å². The van der Waals surface area contributed by atoms with E-state index in [0.717, 1.165) is 31.8 Å². The van der Waals surface area contributed by atoms with Gasteiger partial charge in [0.1, 0.15) is 23.7 Å². The number of anilines is 3. The monoisotopic (exact) mass is 497 g/mol. The van der Waals surface area contributed by atoms with E-state index < -0.39 is 5.82 Å². The van der Waals surface area contributed by atoms with E-state index in [1.54, 1.807) is 18.2 Å². The predicted octanol–water partition coefficient (Wildman–Crippen LogP) is 5.79. The number of halogens is 2. The molecular weight excluding hydrogens is 469 g/mol. The van der Waals surface area contributed by atoms with E-state index in [-0.39, 0.29) is 10.9 Å². The molecule has 0 unspecified atom stereocenters. The Labute approximate surface area is 209 Å². The molecule has 2 aromatic carbocycles. The third-order valence-corrected chi connectivity index (χ3v) is 6.50. The number of carbonyl (C=O) groups is 1. The van der Waals surface area contributed by atoms with E-state index in [1.165, 1.54) is 37.4 Å². The molecule has 3 aromatic rings. The van der Waals surface area contributed by atoms with Crippen LogP contribution in [0.4, 0.5) is 21.6 Å². The van der Waals surface area contributed by atoms with Crippen molar-refractivity contribution in [1.29, 1.82) is 0 Å². The van der Waals surface area contributed by atoms with Gasteiger partial charge in [0.25, 0.3) is 0 Å². The van der Waals surface area contributed by atoms with E-state index in [2.05, 4.69) is 39.1 Å². The fourth-order valence-electron chi connectivity index (χ4n) is 4.20. The van der Waals surface area contributed by atoms with Gasteiger partial charge in [0.2, 0.25) is 5.91 Å². The van der Waals surface area contributed by atoms with Crippen molar-refractivity contribution in [1.82, 2.24) is 14.9 Å². The number of benzene rings is 2. The van der Waals surface area contributed by atoms with Crippen molar-refractivity contribution in [2.24, 2.45) is 5.92 Å². The first kappa shape index (κ1) is 24.9. The zero-order valence-electron chi connectivity index (χ0n) is 19.7.